The van der Waals surface area contributed by atoms with Gasteiger partial charge in [-0.15, -0.1) is 0 Å². The highest BCUT2D eigenvalue weighted by molar-refractivity contribution is 7.90. The Morgan fingerprint density at radius 1 is 1.08 bits per heavy atom. The predicted molar refractivity (Wildman–Crippen MR) is 91.2 cm³/mol. The van der Waals surface area contributed by atoms with Crippen LogP contribution < -0.4 is 15.8 Å². The van der Waals surface area contributed by atoms with E-state index in [1.165, 1.54) is 24.3 Å². The van der Waals surface area contributed by atoms with Crippen molar-refractivity contribution in [1.82, 2.24) is 10.0 Å². The molecule has 0 bridgehead atoms. The molecule has 2 amide bonds. The topological polar surface area (TPSA) is 128 Å². The first kappa shape index (κ1) is 18.3. The number of benzene rings is 2. The average Bonchev–Trinajstić information content (AvgIpc) is 2.60. The van der Waals surface area contributed by atoms with Crippen molar-refractivity contribution in [3.05, 3.63) is 59.7 Å². The fourth-order valence-corrected chi connectivity index (χ4v) is 3.19. The Morgan fingerprint density at radius 3 is 2.40 bits per heavy atom. The van der Waals surface area contributed by atoms with Crippen molar-refractivity contribution in [2.24, 2.45) is 0 Å². The van der Waals surface area contributed by atoms with Crippen LogP contribution in [-0.2, 0) is 21.3 Å². The van der Waals surface area contributed by atoms with E-state index in [4.69, 9.17) is 5.73 Å². The summed E-state index contributed by atoms with van der Waals surface area (Å²) in [5.41, 5.74) is 6.70. The molecule has 2 aromatic carbocycles. The van der Waals surface area contributed by atoms with Gasteiger partial charge in [0.05, 0.1) is 12.7 Å². The van der Waals surface area contributed by atoms with Crippen LogP contribution in [0.2, 0.25) is 0 Å². The SMILES string of the molecule is COC(=O)c1ccccc1S(=O)(=O)NC(=O)NCc1ccccc1N. The smallest absolute Gasteiger partial charge is 0.339 e. The maximum atomic E-state index is 12.4. The summed E-state index contributed by atoms with van der Waals surface area (Å²) >= 11 is 0. The standard InChI is InChI=1S/C16H17N3O5S/c1-24-15(20)12-7-3-5-9-14(12)25(22,23)19-16(21)18-10-11-6-2-4-8-13(11)17/h2-9H,10,17H2,1H3,(H2,18,19,21). The molecule has 0 fully saturated rings. The van der Waals surface area contributed by atoms with Crippen molar-refractivity contribution in [3.8, 4) is 0 Å². The fourth-order valence-electron chi connectivity index (χ4n) is 2.06. The highest BCUT2D eigenvalue weighted by Gasteiger charge is 2.24. The molecule has 9 heteroatoms. The minimum Gasteiger partial charge on any atom is -0.465 e. The number of ether oxygens (including phenoxy) is 1. The predicted octanol–water partition coefficient (Wildman–Crippen LogP) is 1.24. The van der Waals surface area contributed by atoms with E-state index in [0.29, 0.717) is 11.3 Å². The summed E-state index contributed by atoms with van der Waals surface area (Å²) in [6.45, 7) is 0.0483. The van der Waals surface area contributed by atoms with E-state index >= 15 is 0 Å². The summed E-state index contributed by atoms with van der Waals surface area (Å²) in [5, 5.41) is 2.40. The summed E-state index contributed by atoms with van der Waals surface area (Å²) < 4.78 is 31.1. The lowest BCUT2D eigenvalue weighted by Crippen LogP contribution is -2.39. The monoisotopic (exact) mass is 363 g/mol. The quantitative estimate of drug-likeness (QED) is 0.542. The number of methoxy groups -OCH3 is 1. The van der Waals surface area contributed by atoms with Gasteiger partial charge in [-0.05, 0) is 23.8 Å². The second-order valence-electron chi connectivity index (χ2n) is 4.97. The van der Waals surface area contributed by atoms with Gasteiger partial charge in [0.1, 0.15) is 4.90 Å². The van der Waals surface area contributed by atoms with Crippen molar-refractivity contribution < 1.29 is 22.7 Å². The molecule has 2 rings (SSSR count). The zero-order valence-electron chi connectivity index (χ0n) is 13.4. The molecule has 0 aliphatic heterocycles. The zero-order chi connectivity index (χ0) is 18.4. The van der Waals surface area contributed by atoms with Gasteiger partial charge >= 0.3 is 12.0 Å². The van der Waals surface area contributed by atoms with E-state index in [2.05, 4.69) is 10.1 Å². The highest BCUT2D eigenvalue weighted by Crippen LogP contribution is 2.16. The molecule has 0 atom stereocenters. The molecule has 2 aromatic rings. The molecule has 0 unspecified atom stereocenters. The number of urea groups is 1. The first-order chi connectivity index (χ1) is 11.8. The van der Waals surface area contributed by atoms with Crippen molar-refractivity contribution >= 4 is 27.7 Å². The number of carbonyl (C=O) groups is 2. The van der Waals surface area contributed by atoms with Crippen LogP contribution in [0.5, 0.6) is 0 Å². The highest BCUT2D eigenvalue weighted by atomic mass is 32.2. The third kappa shape index (κ3) is 4.48. The number of nitrogen functional groups attached to an aromatic ring is 1. The van der Waals surface area contributed by atoms with Crippen LogP contribution in [0.1, 0.15) is 15.9 Å². The van der Waals surface area contributed by atoms with Crippen molar-refractivity contribution in [3.63, 3.8) is 0 Å². The van der Waals surface area contributed by atoms with E-state index in [-0.39, 0.29) is 17.0 Å². The van der Waals surface area contributed by atoms with E-state index in [1.54, 1.807) is 24.3 Å². The number of sulfonamides is 1. The molecule has 0 saturated carbocycles. The van der Waals surface area contributed by atoms with Gasteiger partial charge in [0.2, 0.25) is 0 Å². The molecular weight excluding hydrogens is 346 g/mol. The summed E-state index contributed by atoms with van der Waals surface area (Å²) in [6.07, 6.45) is 0. The van der Waals surface area contributed by atoms with Gasteiger partial charge in [-0.3, -0.25) is 0 Å². The Balaban J connectivity index is 2.12. The summed E-state index contributed by atoms with van der Waals surface area (Å²) in [5.74, 6) is -0.821. The minimum atomic E-state index is -4.25. The number of hydrogen-bond acceptors (Lipinski definition) is 6. The van der Waals surface area contributed by atoms with Crippen LogP contribution in [0.3, 0.4) is 0 Å². The second-order valence-corrected chi connectivity index (χ2v) is 6.63. The number of nitrogens with two attached hydrogens (primary N) is 1. The number of hydrogen-bond donors (Lipinski definition) is 3. The first-order valence-electron chi connectivity index (χ1n) is 7.16. The molecular formula is C16H17N3O5S. The van der Waals surface area contributed by atoms with Crippen LogP contribution in [0.4, 0.5) is 10.5 Å². The van der Waals surface area contributed by atoms with Gasteiger partial charge in [0.25, 0.3) is 10.0 Å². The molecule has 0 aliphatic rings. The average molecular weight is 363 g/mol. The number of amides is 2. The number of nitrogens with one attached hydrogen (secondary N) is 2. The lowest BCUT2D eigenvalue weighted by atomic mass is 10.2. The fraction of sp³-hybridized carbons (Fsp3) is 0.125. The van der Waals surface area contributed by atoms with Crippen LogP contribution in [0.25, 0.3) is 0 Å². The molecule has 0 saturated heterocycles. The molecule has 132 valence electrons. The number of carbonyl (C=O) groups excluding carboxylic acids is 2. The van der Waals surface area contributed by atoms with Crippen molar-refractivity contribution in [1.29, 1.82) is 0 Å². The van der Waals surface area contributed by atoms with E-state index < -0.39 is 22.0 Å². The number of para-hydroxylation sites is 1. The third-order valence-electron chi connectivity index (χ3n) is 3.30. The maximum Gasteiger partial charge on any atom is 0.339 e. The van der Waals surface area contributed by atoms with Crippen LogP contribution in [0.15, 0.2) is 53.4 Å². The molecule has 25 heavy (non-hydrogen) atoms. The zero-order valence-corrected chi connectivity index (χ0v) is 14.2. The Kier molecular flexibility index (Phi) is 5.60. The number of anilines is 1. The molecule has 8 nitrogen and oxygen atoms in total. The van der Waals surface area contributed by atoms with E-state index in [1.807, 2.05) is 4.72 Å². The molecule has 0 spiro atoms. The van der Waals surface area contributed by atoms with Crippen molar-refractivity contribution in [2.75, 3.05) is 12.8 Å². The van der Waals surface area contributed by atoms with Gasteiger partial charge in [0, 0.05) is 12.2 Å². The summed E-state index contributed by atoms with van der Waals surface area (Å²) in [4.78, 5) is 23.2. The Labute approximate surface area is 145 Å². The summed E-state index contributed by atoms with van der Waals surface area (Å²) in [6, 6.07) is 11.3. The van der Waals surface area contributed by atoms with Crippen LogP contribution in [0, 0.1) is 0 Å². The van der Waals surface area contributed by atoms with Gasteiger partial charge in [-0.2, -0.15) is 0 Å². The molecule has 0 aliphatic carbocycles. The molecule has 0 aromatic heterocycles. The van der Waals surface area contributed by atoms with Gasteiger partial charge < -0.3 is 15.8 Å². The molecule has 0 radical (unpaired) electrons. The number of esters is 1. The second kappa shape index (κ2) is 7.67. The third-order valence-corrected chi connectivity index (χ3v) is 4.69. The maximum absolute atomic E-state index is 12.4. The van der Waals surface area contributed by atoms with E-state index in [9.17, 15) is 18.0 Å². The van der Waals surface area contributed by atoms with E-state index in [0.717, 1.165) is 7.11 Å². The van der Waals surface area contributed by atoms with Crippen LogP contribution in [-0.4, -0.2) is 27.5 Å². The first-order valence-corrected chi connectivity index (χ1v) is 8.65. The largest absolute Gasteiger partial charge is 0.465 e. The van der Waals surface area contributed by atoms with Gasteiger partial charge in [-0.1, -0.05) is 30.3 Å². The lowest BCUT2D eigenvalue weighted by Gasteiger charge is -2.12. The van der Waals surface area contributed by atoms with Gasteiger partial charge in [-0.25, -0.2) is 22.7 Å². The minimum absolute atomic E-state index is 0.0483. The Bertz CT molecular complexity index is 896. The summed E-state index contributed by atoms with van der Waals surface area (Å²) in [7, 11) is -3.12. The normalized spacial score (nSPS) is 10.8. The molecule has 4 N–H and O–H groups in total. The lowest BCUT2D eigenvalue weighted by molar-refractivity contribution is 0.0596. The Morgan fingerprint density at radius 2 is 1.72 bits per heavy atom. The van der Waals surface area contributed by atoms with Gasteiger partial charge in [0.15, 0.2) is 0 Å². The van der Waals surface area contributed by atoms with Crippen molar-refractivity contribution in [2.45, 2.75) is 11.4 Å². The Hall–Kier alpha value is -3.07. The molecule has 0 heterocycles. The van der Waals surface area contributed by atoms with Crippen LogP contribution >= 0.6 is 0 Å². The number of rotatable bonds is 5.